The maximum Gasteiger partial charge on any atom is 0.319 e. The van der Waals surface area contributed by atoms with Crippen LogP contribution in [-0.2, 0) is 16.0 Å². The second-order valence-corrected chi connectivity index (χ2v) is 4.17. The van der Waals surface area contributed by atoms with E-state index >= 15 is 0 Å². The van der Waals surface area contributed by atoms with Crippen LogP contribution in [0.25, 0.3) is 11.0 Å². The van der Waals surface area contributed by atoms with E-state index in [1.807, 2.05) is 25.1 Å². The molecule has 0 atom stereocenters. The summed E-state index contributed by atoms with van der Waals surface area (Å²) >= 11 is 0. The van der Waals surface area contributed by atoms with Gasteiger partial charge in [-0.3, -0.25) is 4.79 Å². The number of imidazole rings is 1. The number of fused-ring (bicyclic) bond motifs is 1. The van der Waals surface area contributed by atoms with E-state index in [9.17, 15) is 4.79 Å². The average molecular weight is 247 g/mol. The molecule has 0 aliphatic carbocycles. The minimum Gasteiger partial charge on any atom is -0.464 e. The summed E-state index contributed by atoms with van der Waals surface area (Å²) in [5, 5.41) is 2.76. The van der Waals surface area contributed by atoms with E-state index in [1.165, 1.54) is 0 Å². The molecule has 0 saturated carbocycles. The van der Waals surface area contributed by atoms with Crippen LogP contribution in [0.5, 0.6) is 0 Å². The van der Waals surface area contributed by atoms with Crippen molar-refractivity contribution in [3.63, 3.8) is 0 Å². The van der Waals surface area contributed by atoms with E-state index in [0.29, 0.717) is 13.0 Å². The van der Waals surface area contributed by atoms with E-state index in [4.69, 9.17) is 4.74 Å². The second-order valence-electron chi connectivity index (χ2n) is 4.17. The first-order chi connectivity index (χ1) is 8.69. The first-order valence-electron chi connectivity index (χ1n) is 5.94. The zero-order chi connectivity index (χ0) is 13.0. The van der Waals surface area contributed by atoms with Crippen molar-refractivity contribution in [1.29, 1.82) is 0 Å². The Bertz CT molecular complexity index is 548. The van der Waals surface area contributed by atoms with Gasteiger partial charge in [0, 0.05) is 6.42 Å². The van der Waals surface area contributed by atoms with E-state index in [1.54, 1.807) is 7.05 Å². The Morgan fingerprint density at radius 3 is 3.11 bits per heavy atom. The van der Waals surface area contributed by atoms with Gasteiger partial charge in [0.1, 0.15) is 5.82 Å². The molecule has 5 heteroatoms. The van der Waals surface area contributed by atoms with Crippen LogP contribution >= 0.6 is 0 Å². The largest absolute Gasteiger partial charge is 0.464 e. The highest BCUT2D eigenvalue weighted by atomic mass is 16.5. The van der Waals surface area contributed by atoms with Crippen molar-refractivity contribution in [2.75, 3.05) is 20.2 Å². The number of H-pyrrole nitrogens is 1. The van der Waals surface area contributed by atoms with Gasteiger partial charge in [-0.05, 0) is 31.7 Å². The van der Waals surface area contributed by atoms with E-state index in [0.717, 1.165) is 22.4 Å². The van der Waals surface area contributed by atoms with Crippen molar-refractivity contribution in [2.45, 2.75) is 13.3 Å². The second kappa shape index (κ2) is 5.64. The van der Waals surface area contributed by atoms with Gasteiger partial charge in [-0.2, -0.15) is 0 Å². The molecule has 18 heavy (non-hydrogen) atoms. The van der Waals surface area contributed by atoms with Crippen LogP contribution in [0.1, 0.15) is 11.4 Å². The summed E-state index contributed by atoms with van der Waals surface area (Å²) in [4.78, 5) is 18.7. The van der Waals surface area contributed by atoms with Crippen molar-refractivity contribution < 1.29 is 9.53 Å². The molecule has 2 rings (SSSR count). The number of carbonyl (C=O) groups excluding carboxylic acids is 1. The number of aromatic amines is 1. The molecule has 0 bridgehead atoms. The highest BCUT2D eigenvalue weighted by Gasteiger charge is 2.03. The fourth-order valence-electron chi connectivity index (χ4n) is 1.82. The molecule has 0 aliphatic rings. The first-order valence-corrected chi connectivity index (χ1v) is 5.94. The van der Waals surface area contributed by atoms with Crippen molar-refractivity contribution in [3.05, 3.63) is 29.6 Å². The van der Waals surface area contributed by atoms with Crippen molar-refractivity contribution in [3.8, 4) is 0 Å². The third-order valence-corrected chi connectivity index (χ3v) is 2.64. The number of nitrogens with one attached hydrogen (secondary N) is 2. The Morgan fingerprint density at radius 2 is 2.33 bits per heavy atom. The molecule has 96 valence electrons. The molecule has 1 aromatic heterocycles. The summed E-state index contributed by atoms with van der Waals surface area (Å²) in [6, 6.07) is 6.03. The van der Waals surface area contributed by atoms with Gasteiger partial charge in [0.05, 0.1) is 24.2 Å². The Kier molecular flexibility index (Phi) is 3.94. The molecular formula is C13H17N3O2. The summed E-state index contributed by atoms with van der Waals surface area (Å²) < 4.78 is 5.08. The molecule has 1 heterocycles. The van der Waals surface area contributed by atoms with Gasteiger partial charge in [-0.25, -0.2) is 4.98 Å². The van der Waals surface area contributed by atoms with Crippen LogP contribution in [0.15, 0.2) is 18.2 Å². The predicted molar refractivity (Wildman–Crippen MR) is 69.4 cm³/mol. The lowest BCUT2D eigenvalue weighted by atomic mass is 10.1. The fourth-order valence-corrected chi connectivity index (χ4v) is 1.82. The molecule has 0 aliphatic heterocycles. The van der Waals surface area contributed by atoms with Crippen LogP contribution in [-0.4, -0.2) is 36.1 Å². The Morgan fingerprint density at radius 1 is 1.50 bits per heavy atom. The zero-order valence-electron chi connectivity index (χ0n) is 10.6. The molecule has 0 unspecified atom stereocenters. The van der Waals surface area contributed by atoms with Gasteiger partial charge >= 0.3 is 5.97 Å². The quantitative estimate of drug-likeness (QED) is 0.778. The Labute approximate surface area is 106 Å². The standard InChI is InChI=1S/C13H17N3O2/c1-9-15-11-4-3-10(7-12(11)16-9)5-6-18-13(17)8-14-2/h3-4,7,14H,5-6,8H2,1-2H3,(H,15,16). The summed E-state index contributed by atoms with van der Waals surface area (Å²) in [6.07, 6.45) is 0.712. The molecule has 0 saturated heterocycles. The van der Waals surface area contributed by atoms with Gasteiger partial charge in [0.25, 0.3) is 0 Å². The van der Waals surface area contributed by atoms with Gasteiger partial charge in [0.2, 0.25) is 0 Å². The number of rotatable bonds is 5. The minimum absolute atomic E-state index is 0.226. The normalized spacial score (nSPS) is 10.8. The number of esters is 1. The molecule has 0 fully saturated rings. The highest BCUT2D eigenvalue weighted by molar-refractivity contribution is 5.75. The zero-order valence-corrected chi connectivity index (χ0v) is 10.6. The predicted octanol–water partition coefficient (Wildman–Crippen LogP) is 1.18. The van der Waals surface area contributed by atoms with Crippen molar-refractivity contribution >= 4 is 17.0 Å². The number of hydrogen-bond donors (Lipinski definition) is 2. The molecule has 0 radical (unpaired) electrons. The Hall–Kier alpha value is -1.88. The average Bonchev–Trinajstić information content (AvgIpc) is 2.69. The van der Waals surface area contributed by atoms with Crippen LogP contribution in [0.2, 0.25) is 0 Å². The highest BCUT2D eigenvalue weighted by Crippen LogP contribution is 2.13. The number of likely N-dealkylation sites (N-methyl/N-ethyl adjacent to an activating group) is 1. The molecule has 5 nitrogen and oxygen atoms in total. The summed E-state index contributed by atoms with van der Waals surface area (Å²) in [7, 11) is 1.72. The van der Waals surface area contributed by atoms with Gasteiger partial charge in [-0.1, -0.05) is 6.07 Å². The number of nitrogens with zero attached hydrogens (tertiary/aromatic N) is 1. The van der Waals surface area contributed by atoms with Gasteiger partial charge in [0.15, 0.2) is 0 Å². The molecular weight excluding hydrogens is 230 g/mol. The maximum absolute atomic E-state index is 11.1. The van der Waals surface area contributed by atoms with E-state index in [2.05, 4.69) is 15.3 Å². The van der Waals surface area contributed by atoms with Gasteiger partial charge in [-0.15, -0.1) is 0 Å². The third kappa shape index (κ3) is 3.07. The van der Waals surface area contributed by atoms with Crippen LogP contribution < -0.4 is 5.32 Å². The topological polar surface area (TPSA) is 67.0 Å². The lowest BCUT2D eigenvalue weighted by Gasteiger charge is -2.04. The number of aryl methyl sites for hydroxylation is 1. The van der Waals surface area contributed by atoms with Gasteiger partial charge < -0.3 is 15.0 Å². The van der Waals surface area contributed by atoms with Crippen LogP contribution in [0.3, 0.4) is 0 Å². The lowest BCUT2D eigenvalue weighted by Crippen LogP contribution is -2.21. The SMILES string of the molecule is CNCC(=O)OCCc1ccc2nc(C)[nH]c2c1. The van der Waals surface area contributed by atoms with E-state index in [-0.39, 0.29) is 12.5 Å². The summed E-state index contributed by atoms with van der Waals surface area (Å²) in [5.41, 5.74) is 3.11. The van der Waals surface area contributed by atoms with Crippen LogP contribution in [0, 0.1) is 6.92 Å². The van der Waals surface area contributed by atoms with E-state index < -0.39 is 0 Å². The molecule has 2 aromatic rings. The monoisotopic (exact) mass is 247 g/mol. The smallest absolute Gasteiger partial charge is 0.319 e. The number of carbonyl (C=O) groups is 1. The number of benzene rings is 1. The van der Waals surface area contributed by atoms with Crippen molar-refractivity contribution in [1.82, 2.24) is 15.3 Å². The lowest BCUT2D eigenvalue weighted by molar-refractivity contribution is -0.142. The van der Waals surface area contributed by atoms with Crippen molar-refractivity contribution in [2.24, 2.45) is 0 Å². The molecule has 2 N–H and O–H groups in total. The molecule has 0 spiro atoms. The first kappa shape index (κ1) is 12.6. The summed E-state index contributed by atoms with van der Waals surface area (Å²) in [5.74, 6) is 0.679. The fraction of sp³-hybridized carbons (Fsp3) is 0.385. The number of ether oxygens (including phenoxy) is 1. The number of hydrogen-bond acceptors (Lipinski definition) is 4. The van der Waals surface area contributed by atoms with Crippen LogP contribution in [0.4, 0.5) is 0 Å². The molecule has 0 amide bonds. The third-order valence-electron chi connectivity index (χ3n) is 2.64. The summed E-state index contributed by atoms with van der Waals surface area (Å²) in [6.45, 7) is 2.58. The molecule has 1 aromatic carbocycles. The maximum atomic E-state index is 11.1. The number of aromatic nitrogens is 2. The minimum atomic E-state index is -0.226. The Balaban J connectivity index is 1.93.